The quantitative estimate of drug-likeness (QED) is 0.224. The van der Waals surface area contributed by atoms with Crippen molar-refractivity contribution in [1.29, 1.82) is 5.41 Å². The van der Waals surface area contributed by atoms with Gasteiger partial charge in [-0.3, -0.25) is 9.59 Å². The first-order valence-corrected chi connectivity index (χ1v) is 8.29. The first-order chi connectivity index (χ1) is 11.8. The smallest absolute Gasteiger partial charge is 0.239 e. The molecule has 0 radical (unpaired) electrons. The van der Waals surface area contributed by atoms with Crippen LogP contribution in [0, 0.1) is 18.2 Å². The Balaban J connectivity index is 2.63. The van der Waals surface area contributed by atoms with Crippen molar-refractivity contribution in [2.75, 3.05) is 16.9 Å². The molecule has 0 saturated heterocycles. The zero-order valence-electron chi connectivity index (χ0n) is 13.0. The summed E-state index contributed by atoms with van der Waals surface area (Å²) in [5.74, 6) is -2.15. The lowest BCUT2D eigenvalue weighted by molar-refractivity contribution is -0.113. The number of anilines is 2. The van der Waals surface area contributed by atoms with Gasteiger partial charge in [0.05, 0.1) is 11.4 Å². The Morgan fingerprint density at radius 1 is 1.48 bits per heavy atom. The predicted octanol–water partition coefficient (Wildman–Crippen LogP) is 3.28. The highest BCUT2D eigenvalue weighted by Gasteiger charge is 2.22. The highest BCUT2D eigenvalue weighted by atomic mass is 79.9. The molecule has 0 fully saturated rings. The van der Waals surface area contributed by atoms with Gasteiger partial charge in [0.2, 0.25) is 11.7 Å². The van der Waals surface area contributed by atoms with Gasteiger partial charge in [0.1, 0.15) is 22.0 Å². The summed E-state index contributed by atoms with van der Waals surface area (Å²) in [6.07, 6.45) is 0.798. The summed E-state index contributed by atoms with van der Waals surface area (Å²) in [7, 11) is 0. The minimum Gasteiger partial charge on any atom is -0.396 e. The number of nitrogens with one attached hydrogen (secondary N) is 2. The maximum atomic E-state index is 13.6. The van der Waals surface area contributed by atoms with Crippen molar-refractivity contribution in [3.05, 3.63) is 51.0 Å². The van der Waals surface area contributed by atoms with Crippen LogP contribution in [0.5, 0.6) is 0 Å². The Kier molecular flexibility index (Phi) is 5.86. The molecule has 2 rings (SSSR count). The second kappa shape index (κ2) is 7.71. The number of nitrogens with two attached hydrogens (primary N) is 1. The molecule has 130 valence electrons. The Labute approximate surface area is 156 Å². The normalized spacial score (nSPS) is 10.4. The first kappa shape index (κ1) is 19.0. The third-order valence-electron chi connectivity index (χ3n) is 3.38. The van der Waals surface area contributed by atoms with Crippen LogP contribution in [0.25, 0.3) is 0 Å². The van der Waals surface area contributed by atoms with Gasteiger partial charge in [0.15, 0.2) is 0 Å². The number of hydrogen-bond acceptors (Lipinski definition) is 5. The SMILES string of the molecule is Cc1cc(NC(=O)CCl)c(C(=O)c2ccc(F)c(N)c2C=N)nc1Br. The van der Waals surface area contributed by atoms with Gasteiger partial charge in [-0.15, -0.1) is 11.6 Å². The number of pyridine rings is 1. The number of carbonyl (C=O) groups is 2. The van der Waals surface area contributed by atoms with Crippen LogP contribution in [-0.2, 0) is 4.79 Å². The summed E-state index contributed by atoms with van der Waals surface area (Å²) >= 11 is 8.73. The molecule has 4 N–H and O–H groups in total. The number of nitrogens with zero attached hydrogens (tertiary/aromatic N) is 1. The number of nitrogen functional groups attached to an aromatic ring is 1. The Morgan fingerprint density at radius 3 is 2.76 bits per heavy atom. The highest BCUT2D eigenvalue weighted by molar-refractivity contribution is 9.10. The van der Waals surface area contributed by atoms with Gasteiger partial charge in [-0.1, -0.05) is 0 Å². The number of hydrogen-bond donors (Lipinski definition) is 3. The number of benzene rings is 1. The molecule has 0 saturated carbocycles. The number of rotatable bonds is 5. The van der Waals surface area contributed by atoms with Gasteiger partial charge >= 0.3 is 0 Å². The maximum Gasteiger partial charge on any atom is 0.239 e. The van der Waals surface area contributed by atoms with Gasteiger partial charge in [0, 0.05) is 17.3 Å². The van der Waals surface area contributed by atoms with E-state index in [-0.39, 0.29) is 34.1 Å². The standard InChI is InChI=1S/C16H13BrClFN4O2/c1-7-4-11(22-12(24)5-18)14(23-16(7)17)15(25)8-2-3-10(19)13(21)9(8)6-20/h2-4,6,20H,5,21H2,1H3,(H,22,24). The molecule has 0 unspecified atom stereocenters. The fraction of sp³-hybridized carbons (Fsp3) is 0.125. The van der Waals surface area contributed by atoms with Crippen LogP contribution < -0.4 is 11.1 Å². The van der Waals surface area contributed by atoms with Gasteiger partial charge in [-0.05, 0) is 46.6 Å². The van der Waals surface area contributed by atoms with E-state index < -0.39 is 17.5 Å². The number of aromatic nitrogens is 1. The molecule has 1 amide bonds. The molecule has 0 bridgehead atoms. The van der Waals surface area contributed by atoms with Crippen LogP contribution in [0.4, 0.5) is 15.8 Å². The van der Waals surface area contributed by atoms with E-state index in [1.54, 1.807) is 13.0 Å². The molecule has 0 aliphatic rings. The van der Waals surface area contributed by atoms with Gasteiger partial charge < -0.3 is 16.5 Å². The summed E-state index contributed by atoms with van der Waals surface area (Å²) in [6, 6.07) is 3.82. The Bertz CT molecular complexity index is 889. The average Bonchev–Trinajstić information content (AvgIpc) is 2.59. The van der Waals surface area contributed by atoms with Crippen LogP contribution in [0.15, 0.2) is 22.8 Å². The number of amides is 1. The Hall–Kier alpha value is -2.32. The van der Waals surface area contributed by atoms with Gasteiger partial charge in [-0.2, -0.15) is 0 Å². The van der Waals surface area contributed by atoms with Crippen LogP contribution in [0.2, 0.25) is 0 Å². The second-order valence-electron chi connectivity index (χ2n) is 5.07. The van der Waals surface area contributed by atoms with E-state index in [2.05, 4.69) is 26.2 Å². The van der Waals surface area contributed by atoms with E-state index >= 15 is 0 Å². The molecular formula is C16H13BrClFN4O2. The summed E-state index contributed by atoms with van der Waals surface area (Å²) < 4.78 is 14.0. The van der Waals surface area contributed by atoms with Gasteiger partial charge in [-0.25, -0.2) is 9.37 Å². The number of ketones is 1. The number of halogens is 3. The minimum atomic E-state index is -0.733. The number of aryl methyl sites for hydroxylation is 1. The molecule has 2 aromatic rings. The van der Waals surface area contributed by atoms with E-state index in [9.17, 15) is 14.0 Å². The monoisotopic (exact) mass is 426 g/mol. The molecule has 1 aromatic heterocycles. The summed E-state index contributed by atoms with van der Waals surface area (Å²) in [5.41, 5.74) is 6.01. The molecule has 6 nitrogen and oxygen atoms in total. The van der Waals surface area contributed by atoms with Crippen molar-refractivity contribution < 1.29 is 14.0 Å². The van der Waals surface area contributed by atoms with E-state index in [4.69, 9.17) is 22.7 Å². The Morgan fingerprint density at radius 2 is 2.16 bits per heavy atom. The summed E-state index contributed by atoms with van der Waals surface area (Å²) in [5, 5.41) is 9.91. The molecule has 25 heavy (non-hydrogen) atoms. The lowest BCUT2D eigenvalue weighted by atomic mass is 9.99. The zero-order valence-corrected chi connectivity index (χ0v) is 15.3. The highest BCUT2D eigenvalue weighted by Crippen LogP contribution is 2.27. The molecule has 0 aliphatic carbocycles. The molecular weight excluding hydrogens is 415 g/mol. The lowest BCUT2D eigenvalue weighted by Crippen LogP contribution is -2.18. The van der Waals surface area contributed by atoms with Crippen LogP contribution >= 0.6 is 27.5 Å². The fourth-order valence-corrected chi connectivity index (χ4v) is 2.49. The molecule has 0 atom stereocenters. The fourth-order valence-electron chi connectivity index (χ4n) is 2.13. The van der Waals surface area contributed by atoms with Crippen molar-refractivity contribution >= 4 is 56.8 Å². The first-order valence-electron chi connectivity index (χ1n) is 6.96. The van der Waals surface area contributed by atoms with E-state index in [0.29, 0.717) is 10.2 Å². The van der Waals surface area contributed by atoms with Crippen molar-refractivity contribution in [3.8, 4) is 0 Å². The summed E-state index contributed by atoms with van der Waals surface area (Å²) in [6.45, 7) is 1.74. The molecule has 9 heteroatoms. The second-order valence-corrected chi connectivity index (χ2v) is 6.09. The minimum absolute atomic E-state index is 0.00137. The van der Waals surface area contributed by atoms with E-state index in [1.807, 2.05) is 0 Å². The van der Waals surface area contributed by atoms with Gasteiger partial charge in [0.25, 0.3) is 0 Å². The van der Waals surface area contributed by atoms with Crippen molar-refractivity contribution in [1.82, 2.24) is 4.98 Å². The van der Waals surface area contributed by atoms with E-state index in [0.717, 1.165) is 12.3 Å². The number of alkyl halides is 1. The van der Waals surface area contributed by atoms with Crippen molar-refractivity contribution in [2.45, 2.75) is 6.92 Å². The summed E-state index contributed by atoms with van der Waals surface area (Å²) in [4.78, 5) is 28.7. The zero-order chi connectivity index (χ0) is 18.7. The van der Waals surface area contributed by atoms with Crippen molar-refractivity contribution in [2.24, 2.45) is 0 Å². The predicted molar refractivity (Wildman–Crippen MR) is 98.2 cm³/mol. The average molecular weight is 428 g/mol. The van der Waals surface area contributed by atoms with Crippen LogP contribution in [0.3, 0.4) is 0 Å². The third kappa shape index (κ3) is 3.85. The maximum absolute atomic E-state index is 13.6. The topological polar surface area (TPSA) is 109 Å². The van der Waals surface area contributed by atoms with E-state index in [1.165, 1.54) is 6.07 Å². The van der Waals surface area contributed by atoms with Crippen molar-refractivity contribution in [3.63, 3.8) is 0 Å². The largest absolute Gasteiger partial charge is 0.396 e. The lowest BCUT2D eigenvalue weighted by Gasteiger charge is -2.13. The molecule has 1 aromatic carbocycles. The van der Waals surface area contributed by atoms with Crippen LogP contribution in [0.1, 0.15) is 27.2 Å². The number of carbonyl (C=O) groups excluding carboxylic acids is 2. The van der Waals surface area contributed by atoms with Crippen LogP contribution in [-0.4, -0.2) is 28.8 Å². The molecule has 1 heterocycles. The molecule has 0 spiro atoms. The third-order valence-corrected chi connectivity index (χ3v) is 4.43. The molecule has 0 aliphatic heterocycles.